The van der Waals surface area contributed by atoms with Gasteiger partial charge in [-0.1, -0.05) is 19.9 Å². The molecule has 6 nitrogen and oxygen atoms in total. The Kier molecular flexibility index (Phi) is 5.39. The number of ketones is 1. The Morgan fingerprint density at radius 1 is 1.11 bits per heavy atom. The Hall–Kier alpha value is -2.88. The second kappa shape index (κ2) is 8.36. The molecule has 0 bridgehead atoms. The summed E-state index contributed by atoms with van der Waals surface area (Å²) in [5.74, 6) is 0.0623. The van der Waals surface area contributed by atoms with Gasteiger partial charge in [-0.25, -0.2) is 0 Å². The van der Waals surface area contributed by atoms with E-state index in [1.54, 1.807) is 0 Å². The molecule has 1 N–H and O–H groups in total. The first-order valence-electron chi connectivity index (χ1n) is 13.0. The molecule has 35 heavy (non-hydrogen) atoms. The second-order valence-electron chi connectivity index (χ2n) is 11.1. The average Bonchev–Trinajstić information content (AvgIpc) is 3.24. The monoisotopic (exact) mass is 470 g/mol. The maximum absolute atomic E-state index is 13.0. The standard InChI is InChI=1S/C29H34N4O2/c1-18-12-20-15-22-27-24(13-19(17-30)14-26(27)34)31-28(22)29(2,3)23(20)16-25(18)33-6-4-21(5-7-33)32-8-10-35-11-9-32/h12-13,16,21,31H,4-11,14-15H2,1-3H3. The number of hydrogen-bond donors (Lipinski definition) is 1. The van der Waals surface area contributed by atoms with Crippen molar-refractivity contribution in [3.05, 3.63) is 56.9 Å². The minimum absolute atomic E-state index is 0.0623. The number of anilines is 1. The summed E-state index contributed by atoms with van der Waals surface area (Å²) < 4.78 is 5.55. The summed E-state index contributed by atoms with van der Waals surface area (Å²) in [7, 11) is 0. The van der Waals surface area contributed by atoms with Gasteiger partial charge < -0.3 is 14.6 Å². The van der Waals surface area contributed by atoms with Gasteiger partial charge in [-0.3, -0.25) is 9.69 Å². The van der Waals surface area contributed by atoms with Crippen LogP contribution in [0.1, 0.15) is 77.1 Å². The zero-order valence-electron chi connectivity index (χ0n) is 21.0. The molecular weight excluding hydrogens is 436 g/mol. The zero-order chi connectivity index (χ0) is 24.3. The van der Waals surface area contributed by atoms with Crippen molar-refractivity contribution in [3.8, 4) is 6.07 Å². The van der Waals surface area contributed by atoms with E-state index in [4.69, 9.17) is 4.74 Å². The average molecular weight is 471 g/mol. The number of nitrogens with one attached hydrogen (secondary N) is 1. The van der Waals surface area contributed by atoms with Gasteiger partial charge in [0.05, 0.1) is 25.0 Å². The number of fused-ring (bicyclic) bond motifs is 4. The molecule has 1 aromatic carbocycles. The number of aromatic amines is 1. The Morgan fingerprint density at radius 2 is 1.86 bits per heavy atom. The molecule has 2 fully saturated rings. The highest BCUT2D eigenvalue weighted by Gasteiger charge is 2.39. The van der Waals surface area contributed by atoms with E-state index in [-0.39, 0.29) is 17.6 Å². The number of aryl methyl sites for hydroxylation is 1. The molecule has 6 heteroatoms. The first kappa shape index (κ1) is 22.6. The van der Waals surface area contributed by atoms with Crippen LogP contribution < -0.4 is 4.90 Å². The predicted molar refractivity (Wildman–Crippen MR) is 137 cm³/mol. The number of nitriles is 1. The number of ether oxygens (including phenoxy) is 1. The van der Waals surface area contributed by atoms with Crippen molar-refractivity contribution in [1.29, 1.82) is 5.26 Å². The van der Waals surface area contributed by atoms with Crippen molar-refractivity contribution < 1.29 is 9.53 Å². The molecule has 4 aliphatic rings. The van der Waals surface area contributed by atoms with Gasteiger partial charge in [0.1, 0.15) is 0 Å². The van der Waals surface area contributed by atoms with Crippen LogP contribution >= 0.6 is 0 Å². The lowest BCUT2D eigenvalue weighted by atomic mass is 9.70. The molecule has 2 aliphatic heterocycles. The summed E-state index contributed by atoms with van der Waals surface area (Å²) in [4.78, 5) is 21.7. The number of carbonyl (C=O) groups excluding carboxylic acids is 1. The van der Waals surface area contributed by atoms with Crippen LogP contribution in [0.2, 0.25) is 0 Å². The fourth-order valence-electron chi connectivity index (χ4n) is 6.82. The van der Waals surface area contributed by atoms with Gasteiger partial charge >= 0.3 is 0 Å². The highest BCUT2D eigenvalue weighted by Crippen LogP contribution is 2.46. The topological polar surface area (TPSA) is 72.4 Å². The third-order valence-corrected chi connectivity index (χ3v) is 8.68. The van der Waals surface area contributed by atoms with E-state index >= 15 is 0 Å². The molecule has 0 radical (unpaired) electrons. The third kappa shape index (κ3) is 3.64. The van der Waals surface area contributed by atoms with Crippen molar-refractivity contribution in [2.45, 2.75) is 57.9 Å². The number of benzene rings is 1. The Morgan fingerprint density at radius 3 is 2.57 bits per heavy atom. The smallest absolute Gasteiger partial charge is 0.170 e. The normalized spacial score (nSPS) is 22.2. The minimum atomic E-state index is -0.240. The largest absolute Gasteiger partial charge is 0.379 e. The van der Waals surface area contributed by atoms with Crippen LogP contribution in [-0.2, 0) is 16.6 Å². The number of nitrogens with zero attached hydrogens (tertiary/aromatic N) is 3. The van der Waals surface area contributed by atoms with Crippen molar-refractivity contribution in [2.75, 3.05) is 44.3 Å². The number of piperidine rings is 1. The fourth-order valence-corrected chi connectivity index (χ4v) is 6.82. The van der Waals surface area contributed by atoms with Gasteiger partial charge in [-0.15, -0.1) is 0 Å². The summed E-state index contributed by atoms with van der Waals surface area (Å²) in [5.41, 5.74) is 9.47. The van der Waals surface area contributed by atoms with Gasteiger partial charge in [0, 0.05) is 73.0 Å². The molecule has 3 heterocycles. The number of carbonyl (C=O) groups is 1. The van der Waals surface area contributed by atoms with Crippen LogP contribution in [0.25, 0.3) is 6.08 Å². The quantitative estimate of drug-likeness (QED) is 0.707. The van der Waals surface area contributed by atoms with E-state index in [2.05, 4.69) is 53.8 Å². The van der Waals surface area contributed by atoms with E-state index in [1.807, 2.05) is 6.08 Å². The van der Waals surface area contributed by atoms with Gasteiger partial charge in [-0.05, 0) is 54.2 Å². The summed E-state index contributed by atoms with van der Waals surface area (Å²) in [5, 5.41) is 9.36. The van der Waals surface area contributed by atoms with Gasteiger partial charge in [0.2, 0.25) is 0 Å². The zero-order valence-corrected chi connectivity index (χ0v) is 21.0. The van der Waals surface area contributed by atoms with Crippen molar-refractivity contribution in [2.24, 2.45) is 0 Å². The lowest BCUT2D eigenvalue weighted by molar-refractivity contribution is 0.0115. The van der Waals surface area contributed by atoms with Crippen LogP contribution in [0, 0.1) is 18.3 Å². The van der Waals surface area contributed by atoms with E-state index in [0.29, 0.717) is 11.6 Å². The molecule has 1 aromatic heterocycles. The summed E-state index contributed by atoms with van der Waals surface area (Å²) in [6.45, 7) is 12.8. The number of rotatable bonds is 2. The van der Waals surface area contributed by atoms with Crippen molar-refractivity contribution in [1.82, 2.24) is 9.88 Å². The van der Waals surface area contributed by atoms with Gasteiger partial charge in [-0.2, -0.15) is 5.26 Å². The SMILES string of the molecule is Cc1cc2c(cc1N1CCC(N3CCOCC3)CC1)C(C)(C)c1[nH]c3c(c1C2)C(=O)CC(C#N)=C3. The number of morpholine rings is 1. The molecule has 2 saturated heterocycles. The number of H-pyrrole nitrogens is 1. The second-order valence-corrected chi connectivity index (χ2v) is 11.1. The number of Topliss-reactive ketones (excluding diaryl/α,β-unsaturated/α-hetero) is 1. The van der Waals surface area contributed by atoms with Crippen LogP contribution in [0.3, 0.4) is 0 Å². The molecule has 0 spiro atoms. The predicted octanol–water partition coefficient (Wildman–Crippen LogP) is 4.35. The fraction of sp³-hybridized carbons (Fsp3) is 0.517. The molecule has 6 rings (SSSR count). The maximum atomic E-state index is 13.0. The molecule has 2 aliphatic carbocycles. The number of aromatic nitrogens is 1. The van der Waals surface area contributed by atoms with E-state index in [1.165, 1.54) is 35.2 Å². The molecule has 0 amide bonds. The Balaban J connectivity index is 1.31. The first-order chi connectivity index (χ1) is 16.9. The maximum Gasteiger partial charge on any atom is 0.170 e. The molecular formula is C29H34N4O2. The lowest BCUT2D eigenvalue weighted by Crippen LogP contribution is -2.49. The molecule has 0 unspecified atom stereocenters. The Bertz CT molecular complexity index is 1260. The summed E-state index contributed by atoms with van der Waals surface area (Å²) >= 11 is 0. The third-order valence-electron chi connectivity index (χ3n) is 8.68. The van der Waals surface area contributed by atoms with Crippen LogP contribution in [0.15, 0.2) is 17.7 Å². The van der Waals surface area contributed by atoms with Crippen molar-refractivity contribution >= 4 is 17.5 Å². The number of allylic oxidation sites excluding steroid dienone is 1. The first-order valence-corrected chi connectivity index (χ1v) is 13.0. The minimum Gasteiger partial charge on any atom is -0.379 e. The van der Waals surface area contributed by atoms with E-state index in [9.17, 15) is 10.1 Å². The van der Waals surface area contributed by atoms with Crippen LogP contribution in [0.4, 0.5) is 5.69 Å². The Labute approximate surface area is 207 Å². The van der Waals surface area contributed by atoms with Gasteiger partial charge in [0.25, 0.3) is 0 Å². The molecule has 0 saturated carbocycles. The van der Waals surface area contributed by atoms with E-state index < -0.39 is 0 Å². The lowest BCUT2D eigenvalue weighted by Gasteiger charge is -2.42. The summed E-state index contributed by atoms with van der Waals surface area (Å²) in [6.07, 6.45) is 5.23. The highest BCUT2D eigenvalue weighted by molar-refractivity contribution is 6.06. The highest BCUT2D eigenvalue weighted by atomic mass is 16.5. The number of hydrogen-bond acceptors (Lipinski definition) is 5. The molecule has 2 aromatic rings. The van der Waals surface area contributed by atoms with Gasteiger partial charge in [0.15, 0.2) is 5.78 Å². The van der Waals surface area contributed by atoms with Crippen LogP contribution in [0.5, 0.6) is 0 Å². The van der Waals surface area contributed by atoms with Crippen LogP contribution in [-0.4, -0.2) is 61.1 Å². The van der Waals surface area contributed by atoms with Crippen molar-refractivity contribution in [3.63, 3.8) is 0 Å². The molecule has 182 valence electrons. The molecule has 0 atom stereocenters. The summed E-state index contributed by atoms with van der Waals surface area (Å²) in [6, 6.07) is 7.61. The van der Waals surface area contributed by atoms with E-state index in [0.717, 1.165) is 68.3 Å².